The maximum atomic E-state index is 11.9. The van der Waals surface area contributed by atoms with Crippen molar-refractivity contribution in [2.75, 3.05) is 19.7 Å². The number of urea groups is 1. The van der Waals surface area contributed by atoms with Gasteiger partial charge in [-0.2, -0.15) is 0 Å². The number of nitrogens with zero attached hydrogens (tertiary/aromatic N) is 1. The van der Waals surface area contributed by atoms with E-state index in [2.05, 4.69) is 15.6 Å². The fourth-order valence-electron chi connectivity index (χ4n) is 2.37. The van der Waals surface area contributed by atoms with Gasteiger partial charge < -0.3 is 15.7 Å². The quantitative estimate of drug-likeness (QED) is 0.695. The highest BCUT2D eigenvalue weighted by atomic mass is 32.1. The first-order valence-electron chi connectivity index (χ1n) is 7.77. The van der Waals surface area contributed by atoms with Crippen molar-refractivity contribution in [3.05, 3.63) is 52.0 Å². The average Bonchev–Trinajstić information content (AvgIpc) is 2.97. The molecule has 124 valence electrons. The zero-order valence-corrected chi connectivity index (χ0v) is 14.1. The first-order valence-corrected chi connectivity index (χ1v) is 8.65. The third-order valence-corrected chi connectivity index (χ3v) is 4.41. The summed E-state index contributed by atoms with van der Waals surface area (Å²) in [5, 5.41) is 18.0. The smallest absolute Gasteiger partial charge is 0.314 e. The van der Waals surface area contributed by atoms with Crippen molar-refractivity contribution in [1.29, 1.82) is 0 Å². The molecule has 0 aliphatic heterocycles. The Kier molecular flexibility index (Phi) is 7.03. The van der Waals surface area contributed by atoms with Crippen LogP contribution in [-0.2, 0) is 6.42 Å². The second kappa shape index (κ2) is 9.27. The van der Waals surface area contributed by atoms with E-state index in [1.54, 1.807) is 11.3 Å². The van der Waals surface area contributed by atoms with Crippen LogP contribution >= 0.6 is 11.3 Å². The van der Waals surface area contributed by atoms with Crippen LogP contribution in [0.3, 0.4) is 0 Å². The van der Waals surface area contributed by atoms with Crippen molar-refractivity contribution in [3.8, 4) is 0 Å². The van der Waals surface area contributed by atoms with Gasteiger partial charge in [0, 0.05) is 37.4 Å². The number of rotatable bonds is 8. The molecule has 0 saturated heterocycles. The molecule has 0 bridgehead atoms. The van der Waals surface area contributed by atoms with Gasteiger partial charge in [-0.15, -0.1) is 11.3 Å². The highest BCUT2D eigenvalue weighted by molar-refractivity contribution is 7.09. The topological polar surface area (TPSA) is 74.2 Å². The summed E-state index contributed by atoms with van der Waals surface area (Å²) in [5.74, 6) is 0.119. The van der Waals surface area contributed by atoms with Crippen LogP contribution in [-0.4, -0.2) is 35.8 Å². The van der Waals surface area contributed by atoms with Crippen LogP contribution in [0, 0.1) is 6.92 Å². The summed E-state index contributed by atoms with van der Waals surface area (Å²) in [7, 11) is 0. The van der Waals surface area contributed by atoms with Crippen LogP contribution in [0.4, 0.5) is 4.79 Å². The third-order valence-electron chi connectivity index (χ3n) is 3.59. The molecular weight excluding hydrogens is 310 g/mol. The summed E-state index contributed by atoms with van der Waals surface area (Å²) in [4.78, 5) is 16.2. The van der Waals surface area contributed by atoms with Crippen molar-refractivity contribution in [1.82, 2.24) is 15.6 Å². The molecule has 2 rings (SSSR count). The minimum Gasteiger partial charge on any atom is -0.396 e. The molecule has 1 unspecified atom stereocenters. The lowest BCUT2D eigenvalue weighted by Crippen LogP contribution is -2.38. The molecule has 6 heteroatoms. The first-order chi connectivity index (χ1) is 11.2. The zero-order valence-electron chi connectivity index (χ0n) is 13.3. The molecular formula is C17H23N3O2S. The van der Waals surface area contributed by atoms with Crippen molar-refractivity contribution in [2.24, 2.45) is 0 Å². The molecule has 1 aromatic heterocycles. The lowest BCUT2D eigenvalue weighted by atomic mass is 9.96. The molecule has 0 radical (unpaired) electrons. The van der Waals surface area contributed by atoms with Gasteiger partial charge in [0.15, 0.2) is 0 Å². The van der Waals surface area contributed by atoms with Gasteiger partial charge in [-0.05, 0) is 18.9 Å². The maximum absolute atomic E-state index is 11.9. The zero-order chi connectivity index (χ0) is 16.5. The van der Waals surface area contributed by atoms with Crippen LogP contribution in [0.15, 0.2) is 35.7 Å². The van der Waals surface area contributed by atoms with Crippen molar-refractivity contribution in [3.63, 3.8) is 0 Å². The standard InChI is InChI=1S/C17H23N3O2S/c1-13-20-16(12-23-13)7-9-18-17(22)19-11-15(8-10-21)14-5-3-2-4-6-14/h2-6,12,15,21H,7-11H2,1H3,(H2,18,19,22). The third kappa shape index (κ3) is 6.00. The summed E-state index contributed by atoms with van der Waals surface area (Å²) in [6, 6.07) is 9.75. The minimum atomic E-state index is -0.184. The van der Waals surface area contributed by atoms with Gasteiger partial charge in [0.2, 0.25) is 0 Å². The summed E-state index contributed by atoms with van der Waals surface area (Å²) in [5.41, 5.74) is 2.13. The Morgan fingerprint density at radius 1 is 1.30 bits per heavy atom. The highest BCUT2D eigenvalue weighted by Gasteiger charge is 2.12. The average molecular weight is 333 g/mol. The summed E-state index contributed by atoms with van der Waals surface area (Å²) in [6.45, 7) is 3.14. The Hall–Kier alpha value is -1.92. The second-order valence-electron chi connectivity index (χ2n) is 5.36. The SMILES string of the molecule is Cc1nc(CCNC(=O)NCC(CCO)c2ccccc2)cs1. The van der Waals surface area contributed by atoms with E-state index in [0.717, 1.165) is 22.7 Å². The monoisotopic (exact) mass is 333 g/mol. The Balaban J connectivity index is 1.73. The molecule has 0 fully saturated rings. The molecule has 0 spiro atoms. The van der Waals surface area contributed by atoms with E-state index in [-0.39, 0.29) is 18.6 Å². The first kappa shape index (κ1) is 17.4. The summed E-state index contributed by atoms with van der Waals surface area (Å²) < 4.78 is 0. The number of aliphatic hydroxyl groups excluding tert-OH is 1. The largest absolute Gasteiger partial charge is 0.396 e. The van der Waals surface area contributed by atoms with Crippen LogP contribution in [0.25, 0.3) is 0 Å². The molecule has 0 aliphatic rings. The van der Waals surface area contributed by atoms with Crippen LogP contribution in [0.2, 0.25) is 0 Å². The maximum Gasteiger partial charge on any atom is 0.314 e. The number of thiazole rings is 1. The normalized spacial score (nSPS) is 11.9. The molecule has 0 aliphatic carbocycles. The van der Waals surface area contributed by atoms with E-state index in [1.807, 2.05) is 42.6 Å². The van der Waals surface area contributed by atoms with Crippen molar-refractivity contribution >= 4 is 17.4 Å². The van der Waals surface area contributed by atoms with Crippen molar-refractivity contribution < 1.29 is 9.90 Å². The van der Waals surface area contributed by atoms with Crippen LogP contribution < -0.4 is 10.6 Å². The number of benzene rings is 1. The molecule has 5 nitrogen and oxygen atoms in total. The van der Waals surface area contributed by atoms with Gasteiger partial charge in [0.1, 0.15) is 0 Å². The Morgan fingerprint density at radius 2 is 2.09 bits per heavy atom. The number of amides is 2. The van der Waals surface area contributed by atoms with Crippen LogP contribution in [0.1, 0.15) is 28.6 Å². The molecule has 1 aromatic carbocycles. The van der Waals surface area contributed by atoms with E-state index in [9.17, 15) is 9.90 Å². The van der Waals surface area contributed by atoms with E-state index >= 15 is 0 Å². The van der Waals surface area contributed by atoms with Gasteiger partial charge in [-0.3, -0.25) is 0 Å². The van der Waals surface area contributed by atoms with E-state index in [0.29, 0.717) is 19.5 Å². The number of aryl methyl sites for hydroxylation is 1. The van der Waals surface area contributed by atoms with Gasteiger partial charge in [0.25, 0.3) is 0 Å². The number of carbonyl (C=O) groups excluding carboxylic acids is 1. The lowest BCUT2D eigenvalue weighted by Gasteiger charge is -2.17. The van der Waals surface area contributed by atoms with Crippen molar-refractivity contribution in [2.45, 2.75) is 25.7 Å². The van der Waals surface area contributed by atoms with Gasteiger partial charge in [0.05, 0.1) is 10.7 Å². The highest BCUT2D eigenvalue weighted by Crippen LogP contribution is 2.18. The number of aliphatic hydroxyl groups is 1. The van der Waals surface area contributed by atoms with Gasteiger partial charge in [-0.25, -0.2) is 9.78 Å². The van der Waals surface area contributed by atoms with Gasteiger partial charge in [-0.1, -0.05) is 30.3 Å². The number of aromatic nitrogens is 1. The molecule has 1 atom stereocenters. The molecule has 23 heavy (non-hydrogen) atoms. The number of carbonyl (C=O) groups is 1. The second-order valence-corrected chi connectivity index (χ2v) is 6.43. The Morgan fingerprint density at radius 3 is 2.74 bits per heavy atom. The number of nitrogens with one attached hydrogen (secondary N) is 2. The fraction of sp³-hybridized carbons (Fsp3) is 0.412. The Bertz CT molecular complexity index is 601. The Labute approximate surface area is 140 Å². The van der Waals surface area contributed by atoms with E-state index in [1.165, 1.54) is 0 Å². The van der Waals surface area contributed by atoms with Gasteiger partial charge >= 0.3 is 6.03 Å². The predicted octanol–water partition coefficient (Wildman–Crippen LogP) is 2.46. The number of hydrogen-bond donors (Lipinski definition) is 3. The van der Waals surface area contributed by atoms with E-state index < -0.39 is 0 Å². The predicted molar refractivity (Wildman–Crippen MR) is 92.8 cm³/mol. The number of hydrogen-bond acceptors (Lipinski definition) is 4. The lowest BCUT2D eigenvalue weighted by molar-refractivity contribution is 0.237. The summed E-state index contributed by atoms with van der Waals surface area (Å²) >= 11 is 1.62. The molecule has 2 amide bonds. The van der Waals surface area contributed by atoms with E-state index in [4.69, 9.17) is 0 Å². The molecule has 3 N–H and O–H groups in total. The fourth-order valence-corrected chi connectivity index (χ4v) is 3.02. The summed E-state index contributed by atoms with van der Waals surface area (Å²) in [6.07, 6.45) is 1.36. The minimum absolute atomic E-state index is 0.103. The molecule has 2 aromatic rings. The molecule has 0 saturated carbocycles. The molecule has 1 heterocycles. The van der Waals surface area contributed by atoms with Crippen LogP contribution in [0.5, 0.6) is 0 Å².